The second-order valence-electron chi connectivity index (χ2n) is 5.31. The zero-order valence-corrected chi connectivity index (χ0v) is 13.5. The zero-order chi connectivity index (χ0) is 17.3. The number of nitrogens with zero attached hydrogens (tertiary/aromatic N) is 4. The molecule has 0 aliphatic carbocycles. The molecule has 2 amide bonds. The van der Waals surface area contributed by atoms with Crippen molar-refractivity contribution in [2.24, 2.45) is 0 Å². The summed E-state index contributed by atoms with van der Waals surface area (Å²) in [4.78, 5) is 28.2. The molecule has 3 rings (SSSR count). The lowest BCUT2D eigenvalue weighted by atomic mass is 10.1. The molecule has 3 aromatic heterocycles. The number of nitrogens with one attached hydrogen (secondary N) is 2. The Morgan fingerprint density at radius 1 is 1.33 bits per heavy atom. The van der Waals surface area contributed by atoms with Gasteiger partial charge in [0.05, 0.1) is 28.5 Å². The molecule has 9 nitrogen and oxygen atoms in total. The molecule has 24 heavy (non-hydrogen) atoms. The van der Waals surface area contributed by atoms with Crippen molar-refractivity contribution in [3.63, 3.8) is 0 Å². The van der Waals surface area contributed by atoms with Crippen molar-refractivity contribution < 1.29 is 14.1 Å². The number of amides is 2. The van der Waals surface area contributed by atoms with Gasteiger partial charge in [0.25, 0.3) is 11.6 Å². The van der Waals surface area contributed by atoms with E-state index in [-0.39, 0.29) is 18.4 Å². The van der Waals surface area contributed by atoms with Crippen LogP contribution >= 0.6 is 0 Å². The zero-order valence-electron chi connectivity index (χ0n) is 13.5. The molecule has 0 aromatic carbocycles. The average molecular weight is 328 g/mol. The lowest BCUT2D eigenvalue weighted by molar-refractivity contribution is -0.121. The van der Waals surface area contributed by atoms with Gasteiger partial charge in [0.2, 0.25) is 5.91 Å². The van der Waals surface area contributed by atoms with Crippen LogP contribution in [0.15, 0.2) is 23.0 Å². The minimum Gasteiger partial charge on any atom is -0.358 e. The highest BCUT2D eigenvalue weighted by atomic mass is 16.5. The van der Waals surface area contributed by atoms with Gasteiger partial charge in [0.15, 0.2) is 0 Å². The van der Waals surface area contributed by atoms with Crippen molar-refractivity contribution in [2.75, 3.05) is 12.4 Å². The van der Waals surface area contributed by atoms with Crippen LogP contribution < -0.4 is 10.6 Å². The van der Waals surface area contributed by atoms with Crippen molar-refractivity contribution >= 4 is 28.6 Å². The largest absolute Gasteiger partial charge is 0.358 e. The van der Waals surface area contributed by atoms with Crippen LogP contribution in [0.1, 0.15) is 21.7 Å². The molecule has 0 spiro atoms. The third-order valence-corrected chi connectivity index (χ3v) is 3.47. The summed E-state index contributed by atoms with van der Waals surface area (Å²) in [5.41, 5.74) is 2.49. The first kappa shape index (κ1) is 15.7. The van der Waals surface area contributed by atoms with Crippen LogP contribution in [-0.2, 0) is 11.3 Å². The van der Waals surface area contributed by atoms with Gasteiger partial charge in [0.1, 0.15) is 6.54 Å². The van der Waals surface area contributed by atoms with Gasteiger partial charge in [-0.3, -0.25) is 14.3 Å². The number of anilines is 1. The molecule has 2 N–H and O–H groups in total. The lowest BCUT2D eigenvalue weighted by Crippen LogP contribution is -2.23. The Bertz CT molecular complexity index is 927. The molecule has 9 heteroatoms. The Hall–Kier alpha value is -3.23. The molecule has 0 bridgehead atoms. The first-order chi connectivity index (χ1) is 11.5. The maximum absolute atomic E-state index is 12.6. The predicted octanol–water partition coefficient (Wildman–Crippen LogP) is 1.03. The quantitative estimate of drug-likeness (QED) is 0.739. The normalized spacial score (nSPS) is 10.8. The summed E-state index contributed by atoms with van der Waals surface area (Å²) < 4.78 is 6.57. The second kappa shape index (κ2) is 6.11. The van der Waals surface area contributed by atoms with Crippen LogP contribution in [0.3, 0.4) is 0 Å². The highest BCUT2D eigenvalue weighted by Crippen LogP contribution is 2.22. The van der Waals surface area contributed by atoms with Crippen LogP contribution in [0, 0.1) is 13.8 Å². The topological polar surface area (TPSA) is 115 Å². The van der Waals surface area contributed by atoms with Crippen molar-refractivity contribution in [3.8, 4) is 0 Å². The number of aromatic nitrogens is 4. The van der Waals surface area contributed by atoms with Gasteiger partial charge in [-0.25, -0.2) is 4.98 Å². The van der Waals surface area contributed by atoms with Gasteiger partial charge < -0.3 is 15.2 Å². The van der Waals surface area contributed by atoms with E-state index in [2.05, 4.69) is 25.9 Å². The minimum absolute atomic E-state index is 0.0791. The molecule has 0 saturated carbocycles. The van der Waals surface area contributed by atoms with Crippen molar-refractivity contribution in [3.05, 3.63) is 35.4 Å². The Morgan fingerprint density at radius 2 is 2.12 bits per heavy atom. The van der Waals surface area contributed by atoms with Gasteiger partial charge in [-0.1, -0.05) is 5.16 Å². The fourth-order valence-electron chi connectivity index (χ4n) is 2.34. The number of pyridine rings is 1. The molecular weight excluding hydrogens is 312 g/mol. The number of carbonyl (C=O) groups is 2. The molecule has 0 fully saturated rings. The molecule has 0 aliphatic rings. The highest BCUT2D eigenvalue weighted by molar-refractivity contribution is 6.12. The van der Waals surface area contributed by atoms with Gasteiger partial charge >= 0.3 is 0 Å². The van der Waals surface area contributed by atoms with E-state index in [1.54, 1.807) is 33.2 Å². The third-order valence-electron chi connectivity index (χ3n) is 3.47. The number of fused-ring (bicyclic) bond motifs is 1. The van der Waals surface area contributed by atoms with Crippen LogP contribution in [0.2, 0.25) is 0 Å². The monoisotopic (exact) mass is 328 g/mol. The predicted molar refractivity (Wildman–Crippen MR) is 85.5 cm³/mol. The standard InChI is InChI=1S/C15H16N6O3/c1-8-4-11(13-9(2)20-24-15(13)18-8)14(23)19-10-5-17-21(6-10)7-12(22)16-3/h4-6H,7H2,1-3H3,(H,16,22)(H,19,23). The summed E-state index contributed by atoms with van der Waals surface area (Å²) in [7, 11) is 1.55. The van der Waals surface area contributed by atoms with E-state index in [0.717, 1.165) is 0 Å². The molecule has 124 valence electrons. The van der Waals surface area contributed by atoms with Gasteiger partial charge in [-0.05, 0) is 19.9 Å². The van der Waals surface area contributed by atoms with Crippen molar-refractivity contribution in [1.82, 2.24) is 25.2 Å². The SMILES string of the molecule is CNC(=O)Cn1cc(NC(=O)c2cc(C)nc3onc(C)c23)cn1. The number of hydrogen-bond donors (Lipinski definition) is 2. The van der Waals surface area contributed by atoms with Crippen LogP contribution in [-0.4, -0.2) is 38.8 Å². The molecular formula is C15H16N6O3. The van der Waals surface area contributed by atoms with E-state index in [0.29, 0.717) is 33.7 Å². The number of aryl methyl sites for hydroxylation is 2. The molecule has 0 saturated heterocycles. The summed E-state index contributed by atoms with van der Waals surface area (Å²) in [6.45, 7) is 3.60. The number of carbonyl (C=O) groups excluding carboxylic acids is 2. The first-order valence-corrected chi connectivity index (χ1v) is 7.26. The van der Waals surface area contributed by atoms with Crippen LogP contribution in [0.25, 0.3) is 11.1 Å². The number of likely N-dealkylation sites (N-methyl/N-ethyl adjacent to an activating group) is 1. The molecule has 0 radical (unpaired) electrons. The van der Waals surface area contributed by atoms with E-state index >= 15 is 0 Å². The highest BCUT2D eigenvalue weighted by Gasteiger charge is 2.18. The van der Waals surface area contributed by atoms with Crippen molar-refractivity contribution in [2.45, 2.75) is 20.4 Å². The molecule has 0 aliphatic heterocycles. The fraction of sp³-hybridized carbons (Fsp3) is 0.267. The van der Waals surface area contributed by atoms with Gasteiger partial charge in [-0.2, -0.15) is 5.10 Å². The first-order valence-electron chi connectivity index (χ1n) is 7.26. The van der Waals surface area contributed by atoms with Gasteiger partial charge in [0, 0.05) is 18.9 Å². The maximum Gasteiger partial charge on any atom is 0.258 e. The summed E-state index contributed by atoms with van der Waals surface area (Å²) in [6, 6.07) is 1.68. The molecule has 0 unspecified atom stereocenters. The molecule has 3 heterocycles. The third kappa shape index (κ3) is 2.96. The van der Waals surface area contributed by atoms with Crippen LogP contribution in [0.4, 0.5) is 5.69 Å². The lowest BCUT2D eigenvalue weighted by Gasteiger charge is -2.05. The van der Waals surface area contributed by atoms with E-state index in [4.69, 9.17) is 4.52 Å². The van der Waals surface area contributed by atoms with Crippen molar-refractivity contribution in [1.29, 1.82) is 0 Å². The van der Waals surface area contributed by atoms with E-state index in [1.165, 1.54) is 10.9 Å². The fourth-order valence-corrected chi connectivity index (χ4v) is 2.34. The number of rotatable bonds is 4. The summed E-state index contributed by atoms with van der Waals surface area (Å²) in [6.07, 6.45) is 3.06. The summed E-state index contributed by atoms with van der Waals surface area (Å²) in [5, 5.41) is 13.7. The average Bonchev–Trinajstić information content (AvgIpc) is 3.13. The Morgan fingerprint density at radius 3 is 2.88 bits per heavy atom. The minimum atomic E-state index is -0.323. The smallest absolute Gasteiger partial charge is 0.258 e. The Labute approximate surface area is 137 Å². The van der Waals surface area contributed by atoms with E-state index < -0.39 is 0 Å². The Kier molecular flexibility index (Phi) is 3.98. The Balaban J connectivity index is 1.85. The second-order valence-corrected chi connectivity index (χ2v) is 5.31. The number of hydrogen-bond acceptors (Lipinski definition) is 6. The van der Waals surface area contributed by atoms with Gasteiger partial charge in [-0.15, -0.1) is 0 Å². The molecule has 3 aromatic rings. The summed E-state index contributed by atoms with van der Waals surface area (Å²) in [5.74, 6) is -0.501. The van der Waals surface area contributed by atoms with E-state index in [1.807, 2.05) is 0 Å². The van der Waals surface area contributed by atoms with Crippen LogP contribution in [0.5, 0.6) is 0 Å². The van der Waals surface area contributed by atoms with E-state index in [9.17, 15) is 9.59 Å². The molecule has 0 atom stereocenters. The summed E-state index contributed by atoms with van der Waals surface area (Å²) >= 11 is 0. The maximum atomic E-state index is 12.6.